The third-order valence-electron chi connectivity index (χ3n) is 3.59. The maximum Gasteiger partial charge on any atom is 0.410 e. The highest BCUT2D eigenvalue weighted by Crippen LogP contribution is 2.25. The molecule has 8 heteroatoms. The van der Waals surface area contributed by atoms with Gasteiger partial charge in [0.15, 0.2) is 0 Å². The zero-order valence-corrected chi connectivity index (χ0v) is 14.0. The second-order valence-electron chi connectivity index (χ2n) is 6.52. The highest BCUT2D eigenvalue weighted by Gasteiger charge is 2.26. The van der Waals surface area contributed by atoms with E-state index in [9.17, 15) is 14.9 Å². The van der Waals surface area contributed by atoms with E-state index >= 15 is 0 Å². The van der Waals surface area contributed by atoms with Gasteiger partial charge in [0.25, 0.3) is 5.69 Å². The number of carbonyl (C=O) groups excluding carboxylic acids is 1. The second kappa shape index (κ2) is 6.74. The van der Waals surface area contributed by atoms with Gasteiger partial charge in [0, 0.05) is 37.9 Å². The Morgan fingerprint density at radius 2 is 1.92 bits per heavy atom. The molecule has 1 aromatic carbocycles. The van der Waals surface area contributed by atoms with Crippen LogP contribution in [0.3, 0.4) is 0 Å². The van der Waals surface area contributed by atoms with Crippen molar-refractivity contribution >= 4 is 17.5 Å². The lowest BCUT2D eigenvalue weighted by Crippen LogP contribution is -2.50. The number of benzene rings is 1. The van der Waals surface area contributed by atoms with Crippen LogP contribution in [0.1, 0.15) is 26.3 Å². The molecule has 0 N–H and O–H groups in total. The van der Waals surface area contributed by atoms with Crippen LogP contribution in [0.25, 0.3) is 0 Å². The van der Waals surface area contributed by atoms with Crippen LogP contribution in [0, 0.1) is 21.4 Å². The molecule has 1 aliphatic heterocycles. The Labute approximate surface area is 140 Å². The minimum Gasteiger partial charge on any atom is -0.444 e. The van der Waals surface area contributed by atoms with Crippen LogP contribution in [0.2, 0.25) is 0 Å². The summed E-state index contributed by atoms with van der Waals surface area (Å²) in [6.45, 7) is 7.59. The summed E-state index contributed by atoms with van der Waals surface area (Å²) in [5.41, 5.74) is 0.0376. The van der Waals surface area contributed by atoms with E-state index in [1.165, 1.54) is 12.1 Å². The van der Waals surface area contributed by atoms with Gasteiger partial charge in [0.1, 0.15) is 17.2 Å². The first kappa shape index (κ1) is 17.5. The average molecular weight is 332 g/mol. The van der Waals surface area contributed by atoms with Crippen molar-refractivity contribution in [3.63, 3.8) is 0 Å². The van der Waals surface area contributed by atoms with Crippen LogP contribution in [-0.2, 0) is 4.74 Å². The predicted octanol–water partition coefficient (Wildman–Crippen LogP) is 2.52. The van der Waals surface area contributed by atoms with Gasteiger partial charge < -0.3 is 14.5 Å². The monoisotopic (exact) mass is 332 g/mol. The summed E-state index contributed by atoms with van der Waals surface area (Å²) in [6.07, 6.45) is -0.344. The lowest BCUT2D eigenvalue weighted by Gasteiger charge is -2.36. The van der Waals surface area contributed by atoms with Crippen LogP contribution >= 0.6 is 0 Å². The lowest BCUT2D eigenvalue weighted by molar-refractivity contribution is -0.385. The standard InChI is InChI=1S/C16H20N4O4/c1-16(2,3)24-15(21)19-8-6-18(7-9-19)13-4-5-14(20(22)23)12(10-13)11-17/h4-5,10H,6-9H2,1-3H3. The molecule has 0 spiro atoms. The fourth-order valence-electron chi connectivity index (χ4n) is 2.44. The maximum atomic E-state index is 12.0. The largest absolute Gasteiger partial charge is 0.444 e. The molecular weight excluding hydrogens is 312 g/mol. The average Bonchev–Trinajstić information content (AvgIpc) is 2.52. The Balaban J connectivity index is 2.04. The molecule has 0 radical (unpaired) electrons. The molecule has 8 nitrogen and oxygen atoms in total. The fourth-order valence-corrected chi connectivity index (χ4v) is 2.44. The van der Waals surface area contributed by atoms with Crippen molar-refractivity contribution in [3.05, 3.63) is 33.9 Å². The van der Waals surface area contributed by atoms with E-state index in [4.69, 9.17) is 10.00 Å². The third-order valence-corrected chi connectivity index (χ3v) is 3.59. The van der Waals surface area contributed by atoms with E-state index in [0.29, 0.717) is 26.2 Å². The smallest absolute Gasteiger partial charge is 0.410 e. The van der Waals surface area contributed by atoms with Crippen molar-refractivity contribution in [2.75, 3.05) is 31.1 Å². The van der Waals surface area contributed by atoms with Gasteiger partial charge in [-0.3, -0.25) is 10.1 Å². The van der Waals surface area contributed by atoms with Gasteiger partial charge in [0.05, 0.1) is 4.92 Å². The van der Waals surface area contributed by atoms with Crippen LogP contribution in [0.5, 0.6) is 0 Å². The number of anilines is 1. The van der Waals surface area contributed by atoms with Crippen molar-refractivity contribution in [1.29, 1.82) is 5.26 Å². The number of ether oxygens (including phenoxy) is 1. The van der Waals surface area contributed by atoms with Crippen LogP contribution in [0.15, 0.2) is 18.2 Å². The van der Waals surface area contributed by atoms with Gasteiger partial charge in [0.2, 0.25) is 0 Å². The minimum atomic E-state index is -0.567. The number of carbonyl (C=O) groups is 1. The number of hydrogen-bond acceptors (Lipinski definition) is 6. The summed E-state index contributed by atoms with van der Waals surface area (Å²) in [6, 6.07) is 6.34. The van der Waals surface area contributed by atoms with Gasteiger partial charge in [-0.2, -0.15) is 5.26 Å². The molecule has 1 heterocycles. The SMILES string of the molecule is CC(C)(C)OC(=O)N1CCN(c2ccc([N+](=O)[O-])c(C#N)c2)CC1. The summed E-state index contributed by atoms with van der Waals surface area (Å²) < 4.78 is 5.35. The minimum absolute atomic E-state index is 0.0343. The molecule has 1 aromatic rings. The van der Waals surface area contributed by atoms with Crippen molar-refractivity contribution < 1.29 is 14.5 Å². The number of nitrogens with zero attached hydrogens (tertiary/aromatic N) is 4. The van der Waals surface area contributed by atoms with E-state index in [1.54, 1.807) is 11.0 Å². The molecule has 1 saturated heterocycles. The number of nitro benzene ring substituents is 1. The molecule has 2 rings (SSSR count). The Morgan fingerprint density at radius 1 is 1.29 bits per heavy atom. The molecule has 0 aromatic heterocycles. The fraction of sp³-hybridized carbons (Fsp3) is 0.500. The second-order valence-corrected chi connectivity index (χ2v) is 6.52. The van der Waals surface area contributed by atoms with Gasteiger partial charge in [-0.15, -0.1) is 0 Å². The molecule has 1 fully saturated rings. The van der Waals surface area contributed by atoms with Crippen molar-refractivity contribution in [2.24, 2.45) is 0 Å². The van der Waals surface area contributed by atoms with Crippen LogP contribution in [-0.4, -0.2) is 47.7 Å². The Kier molecular flexibility index (Phi) is 4.93. The van der Waals surface area contributed by atoms with Crippen molar-refractivity contribution in [2.45, 2.75) is 26.4 Å². The zero-order valence-electron chi connectivity index (χ0n) is 14.0. The van der Waals surface area contributed by atoms with Crippen LogP contribution in [0.4, 0.5) is 16.2 Å². The molecular formula is C16H20N4O4. The molecule has 0 atom stereocenters. The first-order chi connectivity index (χ1) is 11.2. The third kappa shape index (κ3) is 4.13. The van der Waals surface area contributed by atoms with E-state index < -0.39 is 10.5 Å². The molecule has 1 amide bonds. The first-order valence-electron chi connectivity index (χ1n) is 7.62. The van der Waals surface area contributed by atoms with Gasteiger partial charge in [-0.25, -0.2) is 4.79 Å². The number of nitro groups is 1. The van der Waals surface area contributed by atoms with Gasteiger partial charge in [-0.05, 0) is 32.9 Å². The van der Waals surface area contributed by atoms with Crippen LogP contribution < -0.4 is 4.90 Å². The summed E-state index contributed by atoms with van der Waals surface area (Å²) in [5.74, 6) is 0. The Hall–Kier alpha value is -2.82. The molecule has 128 valence electrons. The maximum absolute atomic E-state index is 12.0. The molecule has 24 heavy (non-hydrogen) atoms. The predicted molar refractivity (Wildman–Crippen MR) is 87.8 cm³/mol. The quantitative estimate of drug-likeness (QED) is 0.609. The summed E-state index contributed by atoms with van der Waals surface area (Å²) in [4.78, 5) is 26.0. The number of hydrogen-bond donors (Lipinski definition) is 0. The number of rotatable bonds is 2. The molecule has 1 aliphatic rings. The van der Waals surface area contributed by atoms with Gasteiger partial charge in [-0.1, -0.05) is 0 Å². The number of piperazine rings is 1. The Bertz CT molecular complexity index is 682. The van der Waals surface area contributed by atoms with Crippen molar-refractivity contribution in [3.8, 4) is 6.07 Å². The molecule has 0 unspecified atom stereocenters. The Morgan fingerprint density at radius 3 is 2.42 bits per heavy atom. The number of amides is 1. The molecule has 0 saturated carbocycles. The summed E-state index contributed by atoms with van der Waals surface area (Å²) >= 11 is 0. The van der Waals surface area contributed by atoms with Gasteiger partial charge >= 0.3 is 6.09 Å². The lowest BCUT2D eigenvalue weighted by atomic mass is 10.1. The van der Waals surface area contributed by atoms with E-state index in [2.05, 4.69) is 0 Å². The van der Waals surface area contributed by atoms with Crippen molar-refractivity contribution in [1.82, 2.24) is 4.90 Å². The normalized spacial score (nSPS) is 14.9. The summed E-state index contributed by atoms with van der Waals surface area (Å²) in [7, 11) is 0. The zero-order chi connectivity index (χ0) is 17.9. The first-order valence-corrected chi connectivity index (χ1v) is 7.62. The highest BCUT2D eigenvalue weighted by molar-refractivity contribution is 5.69. The van der Waals surface area contributed by atoms with E-state index in [-0.39, 0.29) is 17.3 Å². The highest BCUT2D eigenvalue weighted by atomic mass is 16.6. The topological polar surface area (TPSA) is 99.7 Å². The molecule has 0 bridgehead atoms. The van der Waals surface area contributed by atoms with E-state index in [1.807, 2.05) is 31.7 Å². The van der Waals surface area contributed by atoms with E-state index in [0.717, 1.165) is 5.69 Å². The number of nitriles is 1. The molecule has 0 aliphatic carbocycles. The summed E-state index contributed by atoms with van der Waals surface area (Å²) in [5, 5.41) is 20.0.